The molecule has 0 radical (unpaired) electrons. The Kier molecular flexibility index (Phi) is 3.48. The Balaban J connectivity index is 2.00. The SMILES string of the molecule is CC1(C2CCCC(=O)C2)SCCCS1. The minimum atomic E-state index is 0.342. The van der Waals surface area contributed by atoms with Gasteiger partial charge in [0.1, 0.15) is 5.78 Å². The number of hydrogen-bond acceptors (Lipinski definition) is 3. The molecule has 1 saturated carbocycles. The van der Waals surface area contributed by atoms with Crippen molar-refractivity contribution in [1.29, 1.82) is 0 Å². The van der Waals surface area contributed by atoms with E-state index in [1.165, 1.54) is 24.3 Å². The molecule has 1 aliphatic carbocycles. The molecule has 14 heavy (non-hydrogen) atoms. The highest BCUT2D eigenvalue weighted by Crippen LogP contribution is 2.50. The largest absolute Gasteiger partial charge is 0.300 e. The van der Waals surface area contributed by atoms with Gasteiger partial charge in [0, 0.05) is 12.8 Å². The zero-order valence-corrected chi connectivity index (χ0v) is 10.4. The van der Waals surface area contributed by atoms with E-state index in [1.54, 1.807) is 0 Å². The molecule has 2 aliphatic rings. The normalized spacial score (nSPS) is 32.9. The molecule has 0 N–H and O–H groups in total. The van der Waals surface area contributed by atoms with Gasteiger partial charge < -0.3 is 0 Å². The van der Waals surface area contributed by atoms with Crippen molar-refractivity contribution in [2.24, 2.45) is 5.92 Å². The van der Waals surface area contributed by atoms with Crippen LogP contribution >= 0.6 is 23.5 Å². The second kappa shape index (κ2) is 4.48. The average molecular weight is 230 g/mol. The Hall–Kier alpha value is 0.370. The lowest BCUT2D eigenvalue weighted by Gasteiger charge is -2.40. The molecule has 1 aliphatic heterocycles. The quantitative estimate of drug-likeness (QED) is 0.688. The molecule has 0 aromatic heterocycles. The van der Waals surface area contributed by atoms with Crippen molar-refractivity contribution in [1.82, 2.24) is 0 Å². The number of ketones is 1. The van der Waals surface area contributed by atoms with E-state index in [9.17, 15) is 4.79 Å². The number of hydrogen-bond donors (Lipinski definition) is 0. The fourth-order valence-corrected chi connectivity index (χ4v) is 5.64. The first kappa shape index (κ1) is 10.9. The van der Waals surface area contributed by atoms with Gasteiger partial charge in [-0.25, -0.2) is 0 Å². The van der Waals surface area contributed by atoms with Crippen LogP contribution in [0.4, 0.5) is 0 Å². The number of carbonyl (C=O) groups is 1. The van der Waals surface area contributed by atoms with Crippen LogP contribution in [0.2, 0.25) is 0 Å². The maximum absolute atomic E-state index is 11.4. The maximum Gasteiger partial charge on any atom is 0.133 e. The second-order valence-electron chi connectivity index (χ2n) is 4.40. The van der Waals surface area contributed by atoms with Gasteiger partial charge in [-0.05, 0) is 43.6 Å². The molecule has 0 aromatic carbocycles. The van der Waals surface area contributed by atoms with Crippen LogP contribution in [0, 0.1) is 5.92 Å². The minimum absolute atomic E-state index is 0.342. The molecule has 3 heteroatoms. The van der Waals surface area contributed by atoms with Gasteiger partial charge in [0.25, 0.3) is 0 Å². The Labute approximate surface area is 94.8 Å². The third-order valence-corrected chi connectivity index (χ3v) is 6.80. The first-order chi connectivity index (χ1) is 6.71. The molecule has 0 spiro atoms. The van der Waals surface area contributed by atoms with Gasteiger partial charge in [-0.1, -0.05) is 0 Å². The van der Waals surface area contributed by atoms with Gasteiger partial charge in [-0.15, -0.1) is 23.5 Å². The molecular formula is C11H18OS2. The van der Waals surface area contributed by atoms with Crippen molar-refractivity contribution in [3.8, 4) is 0 Å². The van der Waals surface area contributed by atoms with Crippen LogP contribution in [0.3, 0.4) is 0 Å². The molecule has 1 nitrogen and oxygen atoms in total. The number of rotatable bonds is 1. The fourth-order valence-electron chi connectivity index (χ4n) is 2.36. The van der Waals surface area contributed by atoms with Gasteiger partial charge in [0.2, 0.25) is 0 Å². The van der Waals surface area contributed by atoms with E-state index in [2.05, 4.69) is 30.4 Å². The molecule has 2 rings (SSSR count). The van der Waals surface area contributed by atoms with Gasteiger partial charge in [-0.2, -0.15) is 0 Å². The Morgan fingerprint density at radius 1 is 1.29 bits per heavy atom. The fraction of sp³-hybridized carbons (Fsp3) is 0.909. The highest BCUT2D eigenvalue weighted by molar-refractivity contribution is 8.18. The Morgan fingerprint density at radius 2 is 2.00 bits per heavy atom. The number of thioether (sulfide) groups is 2. The molecule has 0 aromatic rings. The average Bonchev–Trinajstić information content (AvgIpc) is 2.19. The lowest BCUT2D eigenvalue weighted by molar-refractivity contribution is -0.121. The molecule has 0 amide bonds. The third kappa shape index (κ3) is 2.30. The third-order valence-electron chi connectivity index (χ3n) is 3.29. The lowest BCUT2D eigenvalue weighted by Crippen LogP contribution is -2.34. The molecule has 80 valence electrons. The molecule has 1 atom stereocenters. The van der Waals surface area contributed by atoms with Gasteiger partial charge in [-0.3, -0.25) is 4.79 Å². The summed E-state index contributed by atoms with van der Waals surface area (Å²) in [4.78, 5) is 11.4. The molecule has 0 bridgehead atoms. The Bertz CT molecular complexity index is 221. The van der Waals surface area contributed by atoms with Gasteiger partial charge in [0.05, 0.1) is 4.08 Å². The maximum atomic E-state index is 11.4. The molecule has 1 unspecified atom stereocenters. The van der Waals surface area contributed by atoms with Crippen LogP contribution in [0.25, 0.3) is 0 Å². The van der Waals surface area contributed by atoms with E-state index in [0.717, 1.165) is 19.3 Å². The van der Waals surface area contributed by atoms with Gasteiger partial charge in [0.15, 0.2) is 0 Å². The topological polar surface area (TPSA) is 17.1 Å². The summed E-state index contributed by atoms with van der Waals surface area (Å²) in [7, 11) is 0. The van der Waals surface area contributed by atoms with E-state index in [0.29, 0.717) is 15.8 Å². The summed E-state index contributed by atoms with van der Waals surface area (Å²) in [6.45, 7) is 2.35. The highest BCUT2D eigenvalue weighted by Gasteiger charge is 2.39. The van der Waals surface area contributed by atoms with Crippen LogP contribution in [-0.2, 0) is 4.79 Å². The predicted molar refractivity (Wildman–Crippen MR) is 64.9 cm³/mol. The second-order valence-corrected chi connectivity index (χ2v) is 7.75. The zero-order chi connectivity index (χ0) is 10.0. The van der Waals surface area contributed by atoms with E-state index in [-0.39, 0.29) is 0 Å². The Morgan fingerprint density at radius 3 is 2.64 bits per heavy atom. The monoisotopic (exact) mass is 230 g/mol. The standard InChI is InChI=1S/C11H18OS2/c1-11(13-6-3-7-14-11)9-4-2-5-10(12)8-9/h9H,2-8H2,1H3. The van der Waals surface area contributed by atoms with Crippen LogP contribution < -0.4 is 0 Å². The van der Waals surface area contributed by atoms with E-state index < -0.39 is 0 Å². The smallest absolute Gasteiger partial charge is 0.133 e. The van der Waals surface area contributed by atoms with E-state index >= 15 is 0 Å². The minimum Gasteiger partial charge on any atom is -0.300 e. The van der Waals surface area contributed by atoms with Gasteiger partial charge >= 0.3 is 0 Å². The lowest BCUT2D eigenvalue weighted by atomic mass is 9.86. The first-order valence-electron chi connectivity index (χ1n) is 5.50. The zero-order valence-electron chi connectivity index (χ0n) is 8.75. The van der Waals surface area contributed by atoms with E-state index in [4.69, 9.17) is 0 Å². The summed E-state index contributed by atoms with van der Waals surface area (Å²) in [5, 5.41) is 0. The van der Waals surface area contributed by atoms with Crippen molar-refractivity contribution < 1.29 is 4.79 Å². The van der Waals surface area contributed by atoms with Crippen LogP contribution in [0.1, 0.15) is 39.0 Å². The van der Waals surface area contributed by atoms with Crippen molar-refractivity contribution >= 4 is 29.3 Å². The van der Waals surface area contributed by atoms with Crippen molar-refractivity contribution in [2.75, 3.05) is 11.5 Å². The van der Waals surface area contributed by atoms with Crippen molar-refractivity contribution in [3.63, 3.8) is 0 Å². The number of Topliss-reactive ketones (excluding diaryl/α,β-unsaturated/α-hetero) is 1. The molecule has 1 saturated heterocycles. The summed E-state index contributed by atoms with van der Waals surface area (Å²) in [6, 6.07) is 0. The molecular weight excluding hydrogens is 212 g/mol. The van der Waals surface area contributed by atoms with Crippen LogP contribution in [-0.4, -0.2) is 21.4 Å². The summed E-state index contributed by atoms with van der Waals surface area (Å²) >= 11 is 4.17. The highest BCUT2D eigenvalue weighted by atomic mass is 32.2. The first-order valence-corrected chi connectivity index (χ1v) is 7.47. The summed E-state index contributed by atoms with van der Waals surface area (Å²) < 4.78 is 0.342. The van der Waals surface area contributed by atoms with E-state index in [1.807, 2.05) is 0 Å². The predicted octanol–water partition coefficient (Wildman–Crippen LogP) is 3.33. The summed E-state index contributed by atoms with van der Waals surface area (Å²) in [5.74, 6) is 3.70. The van der Waals surface area contributed by atoms with Crippen LogP contribution in [0.15, 0.2) is 0 Å². The molecule has 1 heterocycles. The van der Waals surface area contributed by atoms with Crippen molar-refractivity contribution in [2.45, 2.75) is 43.1 Å². The molecule has 2 fully saturated rings. The van der Waals surface area contributed by atoms with Crippen molar-refractivity contribution in [3.05, 3.63) is 0 Å². The van der Waals surface area contributed by atoms with Crippen LogP contribution in [0.5, 0.6) is 0 Å². The summed E-state index contributed by atoms with van der Waals surface area (Å²) in [5.41, 5.74) is 0. The number of carbonyl (C=O) groups excluding carboxylic acids is 1. The summed E-state index contributed by atoms with van der Waals surface area (Å²) in [6.07, 6.45) is 5.41.